The van der Waals surface area contributed by atoms with Gasteiger partial charge in [0.25, 0.3) is 11.8 Å². The van der Waals surface area contributed by atoms with Crippen LogP contribution in [0.2, 0.25) is 0 Å². The van der Waals surface area contributed by atoms with E-state index in [0.29, 0.717) is 42.4 Å². The molecule has 1 fully saturated rings. The summed E-state index contributed by atoms with van der Waals surface area (Å²) in [6.45, 7) is 3.27. The monoisotopic (exact) mass is 393 g/mol. The molecule has 0 N–H and O–H groups in total. The summed E-state index contributed by atoms with van der Waals surface area (Å²) in [6.07, 6.45) is 6.55. The van der Waals surface area contributed by atoms with Crippen molar-refractivity contribution >= 4 is 23.5 Å². The molecule has 8 heteroatoms. The average molecular weight is 393 g/mol. The van der Waals surface area contributed by atoms with Crippen molar-refractivity contribution in [3.8, 4) is 5.75 Å². The maximum Gasteiger partial charge on any atom is 0.255 e. The Hall–Kier alpha value is -3.16. The third-order valence-corrected chi connectivity index (χ3v) is 5.79. The van der Waals surface area contributed by atoms with Gasteiger partial charge < -0.3 is 19.4 Å². The minimum absolute atomic E-state index is 0.000388. The van der Waals surface area contributed by atoms with Crippen molar-refractivity contribution in [3.63, 3.8) is 0 Å². The van der Waals surface area contributed by atoms with Crippen LogP contribution < -0.4 is 9.64 Å². The van der Waals surface area contributed by atoms with Gasteiger partial charge in [0.1, 0.15) is 12.4 Å². The second-order valence-electron chi connectivity index (χ2n) is 7.76. The predicted octanol–water partition coefficient (Wildman–Crippen LogP) is 2.22. The SMILES string of the molecule is CN1Cc2cc(N3CCOc4cc(C(=O)N5CCCCC5)cnc43)ncc2C1=O. The van der Waals surface area contributed by atoms with E-state index in [0.717, 1.165) is 37.3 Å². The number of carbonyl (C=O) groups excluding carboxylic acids is 2. The smallest absolute Gasteiger partial charge is 0.255 e. The zero-order valence-corrected chi connectivity index (χ0v) is 16.4. The van der Waals surface area contributed by atoms with Gasteiger partial charge in [-0.15, -0.1) is 0 Å². The first-order chi connectivity index (χ1) is 14.1. The summed E-state index contributed by atoms with van der Waals surface area (Å²) in [4.78, 5) is 39.5. The maximum atomic E-state index is 12.8. The predicted molar refractivity (Wildman–Crippen MR) is 107 cm³/mol. The Balaban J connectivity index is 1.44. The van der Waals surface area contributed by atoms with Crippen molar-refractivity contribution in [1.29, 1.82) is 0 Å². The van der Waals surface area contributed by atoms with E-state index in [1.165, 1.54) is 6.42 Å². The van der Waals surface area contributed by atoms with Gasteiger partial charge in [0, 0.05) is 39.1 Å². The fourth-order valence-electron chi connectivity index (χ4n) is 4.21. The van der Waals surface area contributed by atoms with Crippen molar-refractivity contribution in [2.75, 3.05) is 38.2 Å². The van der Waals surface area contributed by atoms with Crippen LogP contribution in [0.5, 0.6) is 5.75 Å². The summed E-state index contributed by atoms with van der Waals surface area (Å²) in [5.41, 5.74) is 2.18. The first-order valence-corrected chi connectivity index (χ1v) is 10.1. The molecule has 2 aromatic heterocycles. The summed E-state index contributed by atoms with van der Waals surface area (Å²) in [5.74, 6) is 1.99. The zero-order valence-electron chi connectivity index (χ0n) is 16.4. The number of amides is 2. The van der Waals surface area contributed by atoms with Crippen LogP contribution >= 0.6 is 0 Å². The number of hydrogen-bond acceptors (Lipinski definition) is 6. The van der Waals surface area contributed by atoms with Crippen molar-refractivity contribution in [3.05, 3.63) is 41.2 Å². The van der Waals surface area contributed by atoms with Crippen molar-refractivity contribution in [2.45, 2.75) is 25.8 Å². The third kappa shape index (κ3) is 3.08. The minimum Gasteiger partial charge on any atom is -0.488 e. The van der Waals surface area contributed by atoms with Crippen LogP contribution in [0.4, 0.5) is 11.6 Å². The number of piperidine rings is 1. The van der Waals surface area contributed by atoms with E-state index >= 15 is 0 Å². The molecule has 0 saturated carbocycles. The Morgan fingerprint density at radius 3 is 2.72 bits per heavy atom. The molecule has 1 saturated heterocycles. The van der Waals surface area contributed by atoms with Crippen molar-refractivity contribution < 1.29 is 14.3 Å². The molecule has 0 unspecified atom stereocenters. The second-order valence-corrected chi connectivity index (χ2v) is 7.76. The quantitative estimate of drug-likeness (QED) is 0.779. The molecule has 150 valence electrons. The van der Waals surface area contributed by atoms with Gasteiger partial charge in [0.15, 0.2) is 11.6 Å². The standard InChI is InChI=1S/C21H23N5O3/c1-24-13-15-10-18(22-12-16(15)21(24)28)26-7-8-29-17-9-14(11-23-19(17)26)20(27)25-5-3-2-4-6-25/h9-12H,2-8,13H2,1H3. The molecule has 3 aliphatic rings. The molecule has 2 aromatic rings. The Morgan fingerprint density at radius 1 is 1.07 bits per heavy atom. The third-order valence-electron chi connectivity index (χ3n) is 5.79. The molecule has 0 aliphatic carbocycles. The number of ether oxygens (including phenoxy) is 1. The number of aromatic nitrogens is 2. The van der Waals surface area contributed by atoms with E-state index in [1.807, 2.05) is 15.9 Å². The molecule has 3 aliphatic heterocycles. The molecule has 0 atom stereocenters. The van der Waals surface area contributed by atoms with Crippen LogP contribution in [0.15, 0.2) is 24.5 Å². The summed E-state index contributed by atoms with van der Waals surface area (Å²) in [5, 5.41) is 0. The summed E-state index contributed by atoms with van der Waals surface area (Å²) < 4.78 is 5.82. The number of anilines is 2. The number of nitrogens with zero attached hydrogens (tertiary/aromatic N) is 5. The summed E-state index contributed by atoms with van der Waals surface area (Å²) in [7, 11) is 1.79. The van der Waals surface area contributed by atoms with Crippen LogP contribution in [-0.4, -0.2) is 64.9 Å². The molecule has 8 nitrogen and oxygen atoms in total. The number of pyridine rings is 2. The van der Waals surface area contributed by atoms with E-state index < -0.39 is 0 Å². The molecule has 5 heterocycles. The Bertz CT molecular complexity index is 986. The lowest BCUT2D eigenvalue weighted by molar-refractivity contribution is 0.0723. The highest BCUT2D eigenvalue weighted by molar-refractivity contribution is 5.98. The van der Waals surface area contributed by atoms with Crippen LogP contribution in [0, 0.1) is 0 Å². The fraction of sp³-hybridized carbons (Fsp3) is 0.429. The summed E-state index contributed by atoms with van der Waals surface area (Å²) in [6, 6.07) is 3.73. The molecular weight excluding hydrogens is 370 g/mol. The maximum absolute atomic E-state index is 12.8. The minimum atomic E-state index is 0.000388. The van der Waals surface area contributed by atoms with E-state index in [-0.39, 0.29) is 11.8 Å². The first kappa shape index (κ1) is 17.9. The lowest BCUT2D eigenvalue weighted by Crippen LogP contribution is -2.36. The number of likely N-dealkylation sites (tertiary alicyclic amines) is 1. The highest BCUT2D eigenvalue weighted by Crippen LogP contribution is 2.36. The van der Waals surface area contributed by atoms with Gasteiger partial charge >= 0.3 is 0 Å². The van der Waals surface area contributed by atoms with E-state index in [1.54, 1.807) is 30.4 Å². The van der Waals surface area contributed by atoms with Crippen LogP contribution in [0.1, 0.15) is 45.5 Å². The Kier molecular flexibility index (Phi) is 4.34. The number of fused-ring (bicyclic) bond motifs is 2. The topological polar surface area (TPSA) is 78.9 Å². The number of hydrogen-bond donors (Lipinski definition) is 0. The average Bonchev–Trinajstić information content (AvgIpc) is 3.06. The number of carbonyl (C=O) groups is 2. The van der Waals surface area contributed by atoms with Gasteiger partial charge in [-0.1, -0.05) is 0 Å². The van der Waals surface area contributed by atoms with Gasteiger partial charge in [-0.05, 0) is 37.0 Å². The molecule has 2 amide bonds. The van der Waals surface area contributed by atoms with E-state index in [2.05, 4.69) is 9.97 Å². The zero-order chi connectivity index (χ0) is 20.0. The van der Waals surface area contributed by atoms with E-state index in [4.69, 9.17) is 4.74 Å². The van der Waals surface area contributed by atoms with Crippen molar-refractivity contribution in [2.24, 2.45) is 0 Å². The molecular formula is C21H23N5O3. The molecule has 5 rings (SSSR count). The lowest BCUT2D eigenvalue weighted by atomic mass is 10.1. The fourth-order valence-corrected chi connectivity index (χ4v) is 4.21. The Labute approximate surface area is 169 Å². The summed E-state index contributed by atoms with van der Waals surface area (Å²) >= 11 is 0. The normalized spacial score (nSPS) is 18.4. The van der Waals surface area contributed by atoms with Gasteiger partial charge in [-0.2, -0.15) is 0 Å². The molecule has 29 heavy (non-hydrogen) atoms. The van der Waals surface area contributed by atoms with Crippen LogP contribution in [0.3, 0.4) is 0 Å². The number of rotatable bonds is 2. The van der Waals surface area contributed by atoms with Crippen LogP contribution in [0.25, 0.3) is 0 Å². The molecule has 0 aromatic carbocycles. The largest absolute Gasteiger partial charge is 0.488 e. The van der Waals surface area contributed by atoms with Crippen LogP contribution in [-0.2, 0) is 6.54 Å². The van der Waals surface area contributed by atoms with Gasteiger partial charge in [-0.3, -0.25) is 9.59 Å². The van der Waals surface area contributed by atoms with Gasteiger partial charge in [0.2, 0.25) is 0 Å². The van der Waals surface area contributed by atoms with E-state index in [9.17, 15) is 9.59 Å². The lowest BCUT2D eigenvalue weighted by Gasteiger charge is -2.30. The molecule has 0 spiro atoms. The highest BCUT2D eigenvalue weighted by Gasteiger charge is 2.29. The highest BCUT2D eigenvalue weighted by atomic mass is 16.5. The Morgan fingerprint density at radius 2 is 1.90 bits per heavy atom. The van der Waals surface area contributed by atoms with Gasteiger partial charge in [-0.25, -0.2) is 9.97 Å². The second kappa shape index (κ2) is 7.02. The van der Waals surface area contributed by atoms with Crippen molar-refractivity contribution in [1.82, 2.24) is 19.8 Å². The first-order valence-electron chi connectivity index (χ1n) is 10.1. The van der Waals surface area contributed by atoms with Gasteiger partial charge in [0.05, 0.1) is 17.7 Å². The molecule has 0 bridgehead atoms. The molecule has 0 radical (unpaired) electrons.